The Morgan fingerprint density at radius 3 is 2.40 bits per heavy atom. The number of halogens is 1. The Kier molecular flexibility index (Phi) is 14.0. The molecule has 3 unspecified atom stereocenters. The topological polar surface area (TPSA) is 160 Å². The SMILES string of the molecule is CCO[C@H](C)C([C@H]1OC(c2ccccc2)OCC1OCSc1ccc(C#N)c(Cl)c1)n1cc(-c2csc(N(C(=O)OC(C)(C)C)C(=O)OC(C)(C)C)n2)nn1. The average molecular weight is 813 g/mol. The summed E-state index contributed by atoms with van der Waals surface area (Å²) in [6.45, 7) is 14.7. The molecular formula is C38H45ClN6O8S2. The zero-order valence-corrected chi connectivity index (χ0v) is 34.3. The van der Waals surface area contributed by atoms with Crippen LogP contribution in [-0.4, -0.2) is 80.8 Å². The zero-order chi connectivity index (χ0) is 39.9. The van der Waals surface area contributed by atoms with Gasteiger partial charge in [-0.1, -0.05) is 58.9 Å². The van der Waals surface area contributed by atoms with Crippen LogP contribution in [0, 0.1) is 11.3 Å². The van der Waals surface area contributed by atoms with Crippen LogP contribution in [-0.2, 0) is 28.4 Å². The lowest BCUT2D eigenvalue weighted by Gasteiger charge is -2.41. The van der Waals surface area contributed by atoms with Gasteiger partial charge in [0.15, 0.2) is 6.29 Å². The van der Waals surface area contributed by atoms with Crippen LogP contribution < -0.4 is 4.90 Å². The zero-order valence-electron chi connectivity index (χ0n) is 31.9. The lowest BCUT2D eigenvalue weighted by molar-refractivity contribution is -0.279. The maximum atomic E-state index is 13.3. The van der Waals surface area contributed by atoms with Crippen LogP contribution in [0.5, 0.6) is 0 Å². The standard InChI is InChI=1S/C38H45ClN6O8S2/c1-9-48-23(2)31(32-30(20-49-33(51-32)24-13-11-10-12-14-24)50-22-55-26-16-15-25(18-40)27(39)17-26)44-19-28(42-43-44)29-21-54-34(41-29)45(35(46)52-37(3,4)5)36(47)53-38(6,7)8/h10-17,19,21,23,30-33H,9,20,22H2,1-8H3/t23-,30?,31?,32+,33?/m1/s1. The fraction of sp³-hybridized carbons (Fsp3) is 0.474. The van der Waals surface area contributed by atoms with Crippen LogP contribution in [0.4, 0.5) is 14.7 Å². The molecule has 1 aliphatic rings. The molecule has 1 saturated heterocycles. The summed E-state index contributed by atoms with van der Waals surface area (Å²) in [5.74, 6) is 0.234. The molecule has 2 aromatic heterocycles. The highest BCUT2D eigenvalue weighted by molar-refractivity contribution is 7.99. The third-order valence-corrected chi connectivity index (χ3v) is 9.84. The van der Waals surface area contributed by atoms with Crippen molar-refractivity contribution in [3.05, 3.63) is 76.3 Å². The molecule has 3 heterocycles. The molecule has 294 valence electrons. The monoisotopic (exact) mass is 812 g/mol. The summed E-state index contributed by atoms with van der Waals surface area (Å²) in [7, 11) is 0. The van der Waals surface area contributed by atoms with Crippen molar-refractivity contribution in [2.75, 3.05) is 24.1 Å². The summed E-state index contributed by atoms with van der Waals surface area (Å²) >= 11 is 8.74. The Morgan fingerprint density at radius 2 is 1.78 bits per heavy atom. The van der Waals surface area contributed by atoms with Crippen molar-refractivity contribution in [1.29, 1.82) is 5.26 Å². The number of carbonyl (C=O) groups excluding carboxylic acids is 2. The first-order valence-electron chi connectivity index (χ1n) is 17.6. The van der Waals surface area contributed by atoms with Gasteiger partial charge in [-0.15, -0.1) is 16.4 Å². The van der Waals surface area contributed by atoms with Crippen LogP contribution in [0.2, 0.25) is 5.02 Å². The third-order valence-electron chi connectivity index (χ3n) is 7.86. The van der Waals surface area contributed by atoms with Gasteiger partial charge in [0, 0.05) is 22.4 Å². The quantitative estimate of drug-likeness (QED) is 0.0987. The summed E-state index contributed by atoms with van der Waals surface area (Å²) in [6.07, 6.45) is -2.46. The van der Waals surface area contributed by atoms with E-state index >= 15 is 0 Å². The molecule has 14 nitrogen and oxygen atoms in total. The van der Waals surface area contributed by atoms with Crippen LogP contribution in [0.1, 0.15) is 78.8 Å². The van der Waals surface area contributed by atoms with Crippen LogP contribution >= 0.6 is 34.7 Å². The smallest absolute Gasteiger partial charge is 0.426 e. The Morgan fingerprint density at radius 1 is 1.09 bits per heavy atom. The van der Waals surface area contributed by atoms with E-state index in [0.29, 0.717) is 28.6 Å². The summed E-state index contributed by atoms with van der Waals surface area (Å²) in [5.41, 5.74) is 0.216. The van der Waals surface area contributed by atoms with Crippen molar-refractivity contribution in [2.45, 2.75) is 102 Å². The van der Waals surface area contributed by atoms with Gasteiger partial charge >= 0.3 is 12.2 Å². The summed E-state index contributed by atoms with van der Waals surface area (Å²) < 4.78 is 38.2. The van der Waals surface area contributed by atoms with Crippen molar-refractivity contribution < 1.29 is 38.0 Å². The molecule has 5 rings (SSSR count). The van der Waals surface area contributed by atoms with E-state index in [1.54, 1.807) is 69.9 Å². The molecule has 0 N–H and O–H groups in total. The average Bonchev–Trinajstić information content (AvgIpc) is 3.79. The van der Waals surface area contributed by atoms with E-state index in [9.17, 15) is 14.9 Å². The Labute approximate surface area is 333 Å². The number of rotatable bonds is 12. The molecule has 2 aromatic carbocycles. The fourth-order valence-electron chi connectivity index (χ4n) is 5.51. The van der Waals surface area contributed by atoms with Gasteiger partial charge < -0.3 is 28.4 Å². The molecule has 1 aliphatic heterocycles. The van der Waals surface area contributed by atoms with Gasteiger partial charge in [0.1, 0.15) is 46.9 Å². The molecule has 4 aromatic rings. The molecule has 0 spiro atoms. The predicted octanol–water partition coefficient (Wildman–Crippen LogP) is 8.82. The minimum Gasteiger partial charge on any atom is -0.443 e. The molecule has 0 radical (unpaired) electrons. The molecule has 17 heteroatoms. The van der Waals surface area contributed by atoms with Crippen molar-refractivity contribution >= 4 is 52.0 Å². The molecule has 5 atom stereocenters. The van der Waals surface area contributed by atoms with Gasteiger partial charge in [0.25, 0.3) is 0 Å². The van der Waals surface area contributed by atoms with Gasteiger partial charge in [-0.25, -0.2) is 19.3 Å². The predicted molar refractivity (Wildman–Crippen MR) is 208 cm³/mol. The number of carbonyl (C=O) groups is 2. The van der Waals surface area contributed by atoms with Gasteiger partial charge in [-0.3, -0.25) is 0 Å². The molecule has 2 amide bonds. The summed E-state index contributed by atoms with van der Waals surface area (Å²) in [6, 6.07) is 16.3. The number of aromatic nitrogens is 4. The highest BCUT2D eigenvalue weighted by Crippen LogP contribution is 2.37. The number of ether oxygens (including phenoxy) is 6. The number of nitrogens with zero attached hydrogens (tertiary/aromatic N) is 6. The van der Waals surface area contributed by atoms with Gasteiger partial charge in [0.2, 0.25) is 5.13 Å². The highest BCUT2D eigenvalue weighted by Gasteiger charge is 2.43. The molecular weight excluding hydrogens is 768 g/mol. The first kappa shape index (κ1) is 42.1. The second-order valence-corrected chi connectivity index (χ2v) is 16.7. The molecule has 0 aliphatic carbocycles. The molecule has 1 fully saturated rings. The Balaban J connectivity index is 1.44. The minimum atomic E-state index is -0.923. The van der Waals surface area contributed by atoms with E-state index in [1.807, 2.05) is 50.2 Å². The molecule has 0 bridgehead atoms. The fourth-order valence-corrected chi connectivity index (χ4v) is 7.33. The van der Waals surface area contributed by atoms with Crippen molar-refractivity contribution in [3.8, 4) is 17.5 Å². The number of hydrogen-bond donors (Lipinski definition) is 0. The maximum Gasteiger partial charge on any atom is 0.426 e. The van der Waals surface area contributed by atoms with Gasteiger partial charge in [-0.05, 0) is 73.6 Å². The number of thiazole rings is 1. The van der Waals surface area contributed by atoms with Crippen LogP contribution in [0.25, 0.3) is 11.4 Å². The lowest BCUT2D eigenvalue weighted by atomic mass is 9.99. The van der Waals surface area contributed by atoms with E-state index in [2.05, 4.69) is 21.4 Å². The van der Waals surface area contributed by atoms with Crippen molar-refractivity contribution in [1.82, 2.24) is 20.0 Å². The Hall–Kier alpha value is -4.08. The van der Waals surface area contributed by atoms with E-state index < -0.39 is 54.0 Å². The number of nitriles is 1. The Bertz CT molecular complexity index is 1930. The first-order chi connectivity index (χ1) is 26.1. The normalized spacial score (nSPS) is 18.6. The minimum absolute atomic E-state index is 0.0419. The molecule has 55 heavy (non-hydrogen) atoms. The lowest BCUT2D eigenvalue weighted by Crippen LogP contribution is -2.50. The second-order valence-electron chi connectivity index (χ2n) is 14.4. The van der Waals surface area contributed by atoms with Gasteiger partial charge in [-0.2, -0.15) is 10.2 Å². The number of anilines is 1. The number of amides is 2. The third kappa shape index (κ3) is 11.3. The second kappa shape index (κ2) is 18.2. The van der Waals surface area contributed by atoms with Crippen molar-refractivity contribution in [3.63, 3.8) is 0 Å². The van der Waals surface area contributed by atoms with Crippen LogP contribution in [0.3, 0.4) is 0 Å². The number of hydrogen-bond acceptors (Lipinski definition) is 14. The van der Waals surface area contributed by atoms with Crippen molar-refractivity contribution in [2.24, 2.45) is 0 Å². The van der Waals surface area contributed by atoms with E-state index in [1.165, 1.54) is 11.8 Å². The first-order valence-corrected chi connectivity index (χ1v) is 19.8. The van der Waals surface area contributed by atoms with E-state index in [4.69, 9.17) is 40.0 Å². The van der Waals surface area contributed by atoms with Gasteiger partial charge in [0.05, 0.1) is 35.4 Å². The van der Waals surface area contributed by atoms with E-state index in [0.717, 1.165) is 26.7 Å². The van der Waals surface area contributed by atoms with E-state index in [-0.39, 0.29) is 17.7 Å². The number of benzene rings is 2. The summed E-state index contributed by atoms with van der Waals surface area (Å²) in [4.78, 5) is 32.7. The van der Waals surface area contributed by atoms with Crippen LogP contribution in [0.15, 0.2) is 65.0 Å². The number of imide groups is 1. The number of thioether (sulfide) groups is 1. The maximum absolute atomic E-state index is 13.3. The summed E-state index contributed by atoms with van der Waals surface area (Å²) in [5, 5.41) is 20.3. The molecule has 0 saturated carbocycles. The highest BCUT2D eigenvalue weighted by atomic mass is 35.5. The largest absolute Gasteiger partial charge is 0.443 e.